The van der Waals surface area contributed by atoms with Gasteiger partial charge in [-0.25, -0.2) is 0 Å². The first-order chi connectivity index (χ1) is 12.0. The molecule has 0 bridgehead atoms. The number of anilines is 1. The van der Waals surface area contributed by atoms with E-state index in [2.05, 4.69) is 0 Å². The standard InChI is InChI=1S/C17H16N2O6/c1-23-14-7-10(8-15(24-2)16(14)25-3)18-9-12-11(17(18)20)5-4-6-13(12)19(21)22/h4-8H,9H2,1-3H3. The summed E-state index contributed by atoms with van der Waals surface area (Å²) in [4.78, 5) is 24.9. The molecule has 2 aromatic rings. The fraction of sp³-hybridized carbons (Fsp3) is 0.235. The van der Waals surface area contributed by atoms with Crippen molar-refractivity contribution in [2.75, 3.05) is 26.2 Å². The Kier molecular flexibility index (Phi) is 4.18. The second-order valence-corrected chi connectivity index (χ2v) is 5.34. The summed E-state index contributed by atoms with van der Waals surface area (Å²) < 4.78 is 15.9. The van der Waals surface area contributed by atoms with Gasteiger partial charge in [0.2, 0.25) is 5.75 Å². The summed E-state index contributed by atoms with van der Waals surface area (Å²) in [6.45, 7) is 0.101. The van der Waals surface area contributed by atoms with E-state index in [0.717, 1.165) is 0 Å². The second-order valence-electron chi connectivity index (χ2n) is 5.34. The molecule has 0 fully saturated rings. The molecule has 0 aliphatic carbocycles. The molecular weight excluding hydrogens is 328 g/mol. The highest BCUT2D eigenvalue weighted by Gasteiger charge is 2.34. The molecule has 1 heterocycles. The van der Waals surface area contributed by atoms with Gasteiger partial charge in [0.05, 0.1) is 49.6 Å². The molecular formula is C17H16N2O6. The van der Waals surface area contributed by atoms with Gasteiger partial charge in [-0.15, -0.1) is 0 Å². The molecule has 8 nitrogen and oxygen atoms in total. The van der Waals surface area contributed by atoms with Crippen molar-refractivity contribution in [1.29, 1.82) is 0 Å². The van der Waals surface area contributed by atoms with Crippen molar-refractivity contribution in [2.24, 2.45) is 0 Å². The molecule has 1 aliphatic heterocycles. The van der Waals surface area contributed by atoms with Crippen LogP contribution in [-0.4, -0.2) is 32.2 Å². The minimum absolute atomic E-state index is 0.0687. The van der Waals surface area contributed by atoms with Gasteiger partial charge in [-0.2, -0.15) is 0 Å². The SMILES string of the molecule is COc1cc(N2Cc3c(cccc3[N+](=O)[O-])C2=O)cc(OC)c1OC. The van der Waals surface area contributed by atoms with Crippen molar-refractivity contribution in [3.8, 4) is 17.2 Å². The molecule has 130 valence electrons. The molecule has 0 saturated carbocycles. The lowest BCUT2D eigenvalue weighted by Crippen LogP contribution is -2.23. The highest BCUT2D eigenvalue weighted by molar-refractivity contribution is 6.11. The maximum atomic E-state index is 12.7. The van der Waals surface area contributed by atoms with Crippen LogP contribution in [0.15, 0.2) is 30.3 Å². The lowest BCUT2D eigenvalue weighted by atomic mass is 10.1. The average Bonchev–Trinajstić information content (AvgIpc) is 2.97. The number of carbonyl (C=O) groups is 1. The van der Waals surface area contributed by atoms with Gasteiger partial charge in [0.1, 0.15) is 0 Å². The zero-order valence-corrected chi connectivity index (χ0v) is 13.9. The second kappa shape index (κ2) is 6.31. The number of nitro groups is 1. The smallest absolute Gasteiger partial charge is 0.275 e. The van der Waals surface area contributed by atoms with E-state index in [9.17, 15) is 14.9 Å². The Morgan fingerprint density at radius 3 is 2.24 bits per heavy atom. The number of carbonyl (C=O) groups excluding carboxylic acids is 1. The summed E-state index contributed by atoms with van der Waals surface area (Å²) in [5.74, 6) is 0.891. The molecule has 0 unspecified atom stereocenters. The summed E-state index contributed by atoms with van der Waals surface area (Å²) in [5, 5.41) is 11.2. The number of fused-ring (bicyclic) bond motifs is 1. The molecule has 8 heteroatoms. The number of ether oxygens (including phenoxy) is 3. The minimum atomic E-state index is -0.481. The van der Waals surface area contributed by atoms with Crippen LogP contribution < -0.4 is 19.1 Å². The van der Waals surface area contributed by atoms with Crippen LogP contribution in [0.1, 0.15) is 15.9 Å². The molecule has 1 amide bonds. The van der Waals surface area contributed by atoms with Gasteiger partial charge >= 0.3 is 0 Å². The fourth-order valence-corrected chi connectivity index (χ4v) is 2.92. The van der Waals surface area contributed by atoms with Crippen molar-refractivity contribution in [2.45, 2.75) is 6.54 Å². The van der Waals surface area contributed by atoms with Crippen LogP contribution in [0.5, 0.6) is 17.2 Å². The van der Waals surface area contributed by atoms with E-state index in [1.165, 1.54) is 38.4 Å². The number of nitro benzene ring substituents is 1. The molecule has 25 heavy (non-hydrogen) atoms. The first kappa shape index (κ1) is 16.6. The average molecular weight is 344 g/mol. The Labute approximate surface area is 143 Å². The van der Waals surface area contributed by atoms with Gasteiger partial charge in [0, 0.05) is 18.2 Å². The lowest BCUT2D eigenvalue weighted by Gasteiger charge is -2.20. The number of hydrogen-bond acceptors (Lipinski definition) is 6. The number of nitrogens with zero attached hydrogens (tertiary/aromatic N) is 2. The maximum absolute atomic E-state index is 12.7. The molecule has 0 aromatic heterocycles. The number of hydrogen-bond donors (Lipinski definition) is 0. The van der Waals surface area contributed by atoms with Crippen molar-refractivity contribution in [3.05, 3.63) is 51.6 Å². The molecule has 0 radical (unpaired) electrons. The predicted octanol–water partition coefficient (Wildman–Crippen LogP) is 2.78. The Balaban J connectivity index is 2.08. The van der Waals surface area contributed by atoms with Gasteiger partial charge in [0.25, 0.3) is 11.6 Å². The van der Waals surface area contributed by atoms with E-state index in [0.29, 0.717) is 34.1 Å². The molecule has 0 N–H and O–H groups in total. The first-order valence-corrected chi connectivity index (χ1v) is 7.40. The molecule has 3 rings (SSSR count). The molecule has 0 spiro atoms. The summed E-state index contributed by atoms with van der Waals surface area (Å²) in [7, 11) is 4.44. The topological polar surface area (TPSA) is 91.1 Å². The Morgan fingerprint density at radius 2 is 1.72 bits per heavy atom. The maximum Gasteiger partial charge on any atom is 0.275 e. The van der Waals surface area contributed by atoms with Gasteiger partial charge < -0.3 is 19.1 Å². The number of amides is 1. The molecule has 2 aromatic carbocycles. The van der Waals surface area contributed by atoms with Crippen molar-refractivity contribution < 1.29 is 23.9 Å². The summed E-state index contributed by atoms with van der Waals surface area (Å²) in [6, 6.07) is 7.76. The van der Waals surface area contributed by atoms with Crippen LogP contribution in [0.2, 0.25) is 0 Å². The third-order valence-electron chi connectivity index (χ3n) is 4.10. The van der Waals surface area contributed by atoms with E-state index in [-0.39, 0.29) is 18.1 Å². The van der Waals surface area contributed by atoms with Gasteiger partial charge in [-0.3, -0.25) is 14.9 Å². The lowest BCUT2D eigenvalue weighted by molar-refractivity contribution is -0.385. The molecule has 1 aliphatic rings. The minimum Gasteiger partial charge on any atom is -0.493 e. The van der Waals surface area contributed by atoms with Gasteiger partial charge in [-0.05, 0) is 6.07 Å². The van der Waals surface area contributed by atoms with Crippen LogP contribution in [0.4, 0.5) is 11.4 Å². The highest BCUT2D eigenvalue weighted by Crippen LogP contribution is 2.43. The number of rotatable bonds is 5. The Hall–Kier alpha value is -3.29. The first-order valence-electron chi connectivity index (χ1n) is 7.40. The zero-order valence-electron chi connectivity index (χ0n) is 13.9. The van der Waals surface area contributed by atoms with Crippen LogP contribution in [0.3, 0.4) is 0 Å². The molecule has 0 saturated heterocycles. The largest absolute Gasteiger partial charge is 0.493 e. The third kappa shape index (κ3) is 2.61. The van der Waals surface area contributed by atoms with Crippen LogP contribution in [0, 0.1) is 10.1 Å². The monoisotopic (exact) mass is 344 g/mol. The van der Waals surface area contributed by atoms with Crippen molar-refractivity contribution >= 4 is 17.3 Å². The van der Waals surface area contributed by atoms with Gasteiger partial charge in [0.15, 0.2) is 11.5 Å². The summed E-state index contributed by atoms with van der Waals surface area (Å²) in [5.41, 5.74) is 1.15. The Morgan fingerprint density at radius 1 is 1.08 bits per heavy atom. The quantitative estimate of drug-likeness (QED) is 0.612. The van der Waals surface area contributed by atoms with Crippen LogP contribution in [-0.2, 0) is 6.54 Å². The van der Waals surface area contributed by atoms with Crippen LogP contribution in [0.25, 0.3) is 0 Å². The van der Waals surface area contributed by atoms with E-state index in [1.54, 1.807) is 18.2 Å². The number of methoxy groups -OCH3 is 3. The highest BCUT2D eigenvalue weighted by atomic mass is 16.6. The van der Waals surface area contributed by atoms with E-state index >= 15 is 0 Å². The zero-order chi connectivity index (χ0) is 18.1. The summed E-state index contributed by atoms with van der Waals surface area (Å²) in [6.07, 6.45) is 0. The molecule has 0 atom stereocenters. The van der Waals surface area contributed by atoms with E-state index in [1.807, 2.05) is 0 Å². The van der Waals surface area contributed by atoms with Crippen LogP contribution >= 0.6 is 0 Å². The third-order valence-corrected chi connectivity index (χ3v) is 4.10. The van der Waals surface area contributed by atoms with E-state index < -0.39 is 4.92 Å². The predicted molar refractivity (Wildman–Crippen MR) is 89.7 cm³/mol. The summed E-state index contributed by atoms with van der Waals surface area (Å²) >= 11 is 0. The van der Waals surface area contributed by atoms with Crippen molar-refractivity contribution in [3.63, 3.8) is 0 Å². The number of benzene rings is 2. The van der Waals surface area contributed by atoms with Crippen molar-refractivity contribution in [1.82, 2.24) is 0 Å². The van der Waals surface area contributed by atoms with Gasteiger partial charge in [-0.1, -0.05) is 6.07 Å². The fourth-order valence-electron chi connectivity index (χ4n) is 2.92. The normalized spacial score (nSPS) is 12.8. The van der Waals surface area contributed by atoms with E-state index in [4.69, 9.17) is 14.2 Å². The Bertz CT molecular complexity index is 839.